The van der Waals surface area contributed by atoms with Gasteiger partial charge in [-0.1, -0.05) is 40.0 Å². The van der Waals surface area contributed by atoms with Crippen LogP contribution in [-0.2, 0) is 23.7 Å². The average molecular weight is 364 g/mol. The van der Waals surface area contributed by atoms with Crippen LogP contribution in [0.3, 0.4) is 0 Å². The van der Waals surface area contributed by atoms with Crippen molar-refractivity contribution >= 4 is 0 Å². The zero-order valence-corrected chi connectivity index (χ0v) is 16.4. The Hall–Kier alpha value is -0.270. The number of methoxy groups -OCH3 is 1. The second-order valence-electron chi connectivity index (χ2n) is 6.55. The Morgan fingerprint density at radius 1 is 0.760 bits per heavy atom. The molecule has 0 aliphatic carbocycles. The predicted octanol–water partition coefficient (Wildman–Crippen LogP) is 3.88. The maximum atomic E-state index is 14.6. The molecule has 0 aromatic heterocycles. The van der Waals surface area contributed by atoms with Crippen LogP contribution in [0.15, 0.2) is 0 Å². The van der Waals surface area contributed by atoms with E-state index in [0.717, 1.165) is 38.5 Å². The molecular weight excluding hydrogens is 327 g/mol. The topological polar surface area (TPSA) is 46.2 Å². The molecule has 0 saturated carbocycles. The van der Waals surface area contributed by atoms with Crippen LogP contribution < -0.4 is 0 Å². The molecule has 1 saturated heterocycles. The van der Waals surface area contributed by atoms with E-state index in [1.54, 1.807) is 7.11 Å². The number of halogens is 1. The monoisotopic (exact) mass is 364 g/mol. The number of alkyl halides is 1. The lowest BCUT2D eigenvalue weighted by molar-refractivity contribution is -0.292. The first-order valence-corrected chi connectivity index (χ1v) is 9.82. The van der Waals surface area contributed by atoms with Crippen molar-refractivity contribution in [1.82, 2.24) is 0 Å². The van der Waals surface area contributed by atoms with Crippen LogP contribution in [0.2, 0.25) is 0 Å². The molecular formula is C19H37FO5. The second-order valence-corrected chi connectivity index (χ2v) is 6.55. The molecule has 3 unspecified atom stereocenters. The summed E-state index contributed by atoms with van der Waals surface area (Å²) < 4.78 is 43.2. The Bertz CT molecular complexity index is 318. The average Bonchev–Trinajstić information content (AvgIpc) is 2.60. The lowest BCUT2D eigenvalue weighted by Gasteiger charge is -2.43. The van der Waals surface area contributed by atoms with Gasteiger partial charge in [0.2, 0.25) is 6.36 Å². The summed E-state index contributed by atoms with van der Waals surface area (Å²) >= 11 is 0. The van der Waals surface area contributed by atoms with Gasteiger partial charge in [0.15, 0.2) is 0 Å². The fourth-order valence-corrected chi connectivity index (χ4v) is 2.82. The number of rotatable bonds is 14. The number of ether oxygens (including phenoxy) is 5. The Balaban J connectivity index is 2.84. The third-order valence-electron chi connectivity index (χ3n) is 4.33. The van der Waals surface area contributed by atoms with Gasteiger partial charge in [-0.25, -0.2) is 4.39 Å². The summed E-state index contributed by atoms with van der Waals surface area (Å²) in [5.74, 6) is 0. The van der Waals surface area contributed by atoms with Gasteiger partial charge in [-0.3, -0.25) is 0 Å². The summed E-state index contributed by atoms with van der Waals surface area (Å²) in [5, 5.41) is 0. The zero-order chi connectivity index (χ0) is 18.5. The van der Waals surface area contributed by atoms with Gasteiger partial charge in [-0.2, -0.15) is 0 Å². The molecule has 5 atom stereocenters. The van der Waals surface area contributed by atoms with Crippen LogP contribution in [0.4, 0.5) is 4.39 Å². The maximum absolute atomic E-state index is 14.6. The molecule has 0 bridgehead atoms. The van der Waals surface area contributed by atoms with E-state index in [-0.39, 0.29) is 12.7 Å². The van der Waals surface area contributed by atoms with Gasteiger partial charge in [0.25, 0.3) is 0 Å². The van der Waals surface area contributed by atoms with Crippen LogP contribution >= 0.6 is 0 Å². The van der Waals surface area contributed by atoms with Gasteiger partial charge in [0.1, 0.15) is 24.4 Å². The Morgan fingerprint density at radius 3 is 1.72 bits per heavy atom. The minimum Gasteiger partial charge on any atom is -0.382 e. The van der Waals surface area contributed by atoms with Crippen LogP contribution in [-0.4, -0.2) is 64.3 Å². The van der Waals surface area contributed by atoms with Crippen molar-refractivity contribution in [3.8, 4) is 0 Å². The molecule has 1 aliphatic rings. The van der Waals surface area contributed by atoms with E-state index in [4.69, 9.17) is 23.7 Å². The molecule has 1 rings (SSSR count). The number of hydrogen-bond acceptors (Lipinski definition) is 5. The largest absolute Gasteiger partial charge is 0.382 e. The summed E-state index contributed by atoms with van der Waals surface area (Å²) in [6, 6.07) is 0. The molecule has 25 heavy (non-hydrogen) atoms. The summed E-state index contributed by atoms with van der Waals surface area (Å²) in [6.07, 6.45) is 2.14. The molecule has 1 heterocycles. The fraction of sp³-hybridized carbons (Fsp3) is 1.00. The molecule has 5 nitrogen and oxygen atoms in total. The van der Waals surface area contributed by atoms with E-state index in [0.29, 0.717) is 19.8 Å². The zero-order valence-electron chi connectivity index (χ0n) is 16.4. The van der Waals surface area contributed by atoms with Gasteiger partial charge >= 0.3 is 0 Å². The highest BCUT2D eigenvalue weighted by atomic mass is 19.1. The van der Waals surface area contributed by atoms with Crippen molar-refractivity contribution in [2.45, 2.75) is 90.1 Å². The minimum absolute atomic E-state index is 0.270. The summed E-state index contributed by atoms with van der Waals surface area (Å²) in [5.41, 5.74) is 0. The van der Waals surface area contributed by atoms with Crippen LogP contribution in [0.25, 0.3) is 0 Å². The SMILES string of the molecule is CCCCOC1C(OCCCC)[C@H](F)OC(COC)[C@@H]1OCCCC. The normalized spacial score (nSPS) is 29.9. The van der Waals surface area contributed by atoms with Crippen molar-refractivity contribution in [1.29, 1.82) is 0 Å². The van der Waals surface area contributed by atoms with Crippen molar-refractivity contribution < 1.29 is 28.1 Å². The quantitative estimate of drug-likeness (QED) is 0.438. The van der Waals surface area contributed by atoms with Crippen molar-refractivity contribution in [3.63, 3.8) is 0 Å². The highest BCUT2D eigenvalue weighted by Gasteiger charge is 2.48. The van der Waals surface area contributed by atoms with Crippen molar-refractivity contribution in [3.05, 3.63) is 0 Å². The smallest absolute Gasteiger partial charge is 0.228 e. The Kier molecular flexibility index (Phi) is 12.6. The molecule has 1 aliphatic heterocycles. The highest BCUT2D eigenvalue weighted by molar-refractivity contribution is 4.92. The lowest BCUT2D eigenvalue weighted by Crippen LogP contribution is -2.60. The summed E-state index contributed by atoms with van der Waals surface area (Å²) in [7, 11) is 1.58. The first-order chi connectivity index (χ1) is 12.2. The van der Waals surface area contributed by atoms with E-state index >= 15 is 0 Å². The van der Waals surface area contributed by atoms with E-state index in [9.17, 15) is 4.39 Å². The maximum Gasteiger partial charge on any atom is 0.228 e. The second kappa shape index (κ2) is 13.9. The Morgan fingerprint density at radius 2 is 1.24 bits per heavy atom. The predicted molar refractivity (Wildman–Crippen MR) is 95.6 cm³/mol. The van der Waals surface area contributed by atoms with Gasteiger partial charge in [0.05, 0.1) is 6.61 Å². The minimum atomic E-state index is -1.53. The van der Waals surface area contributed by atoms with Gasteiger partial charge < -0.3 is 23.7 Å². The molecule has 6 heteroatoms. The van der Waals surface area contributed by atoms with Crippen molar-refractivity contribution in [2.75, 3.05) is 33.5 Å². The first-order valence-electron chi connectivity index (χ1n) is 9.82. The Labute approximate surface area is 152 Å². The van der Waals surface area contributed by atoms with Gasteiger partial charge in [-0.05, 0) is 19.3 Å². The van der Waals surface area contributed by atoms with E-state index < -0.39 is 24.7 Å². The molecule has 0 spiro atoms. The van der Waals surface area contributed by atoms with Gasteiger partial charge in [-0.15, -0.1) is 0 Å². The third-order valence-corrected chi connectivity index (χ3v) is 4.33. The molecule has 0 amide bonds. The molecule has 1 fully saturated rings. The standard InChI is InChI=1S/C19H37FO5/c1-5-8-11-22-16-15(14-21-4)25-19(20)18(24-13-10-7-3)17(16)23-12-9-6-2/h15-19H,5-14H2,1-4H3/t15?,16-,17?,18?,19+/m0/s1. The molecule has 0 aromatic carbocycles. The number of unbranched alkanes of at least 4 members (excludes halogenated alkanes) is 3. The van der Waals surface area contributed by atoms with E-state index in [2.05, 4.69) is 20.8 Å². The highest BCUT2D eigenvalue weighted by Crippen LogP contribution is 2.29. The van der Waals surface area contributed by atoms with E-state index in [1.165, 1.54) is 0 Å². The molecule has 0 N–H and O–H groups in total. The fourth-order valence-electron chi connectivity index (χ4n) is 2.82. The molecule has 150 valence electrons. The summed E-state index contributed by atoms with van der Waals surface area (Å²) in [4.78, 5) is 0. The van der Waals surface area contributed by atoms with Crippen molar-refractivity contribution in [2.24, 2.45) is 0 Å². The number of hydrogen-bond donors (Lipinski definition) is 0. The lowest BCUT2D eigenvalue weighted by atomic mass is 9.98. The summed E-state index contributed by atoms with van der Waals surface area (Å²) in [6.45, 7) is 8.21. The molecule has 0 aromatic rings. The van der Waals surface area contributed by atoms with E-state index in [1.807, 2.05) is 0 Å². The van der Waals surface area contributed by atoms with Crippen LogP contribution in [0, 0.1) is 0 Å². The first kappa shape index (κ1) is 22.8. The molecule has 0 radical (unpaired) electrons. The van der Waals surface area contributed by atoms with Crippen LogP contribution in [0.5, 0.6) is 0 Å². The third kappa shape index (κ3) is 7.87. The van der Waals surface area contributed by atoms with Gasteiger partial charge in [0, 0.05) is 26.9 Å². The van der Waals surface area contributed by atoms with Crippen LogP contribution in [0.1, 0.15) is 59.3 Å².